The molecule has 10 nitrogen and oxygen atoms in total. The lowest BCUT2D eigenvalue weighted by Gasteiger charge is -2.35. The highest BCUT2D eigenvalue weighted by molar-refractivity contribution is 5.90. The molecular weight excluding hydrogens is 408 g/mol. The largest absolute Gasteiger partial charge is 0.361 e. The number of aromatic nitrogens is 4. The second kappa shape index (κ2) is 9.68. The van der Waals surface area contributed by atoms with Crippen LogP contribution in [0.4, 0.5) is 11.6 Å². The molecule has 10 heteroatoms. The fourth-order valence-corrected chi connectivity index (χ4v) is 3.93. The second-order valence-electron chi connectivity index (χ2n) is 8.26. The Kier molecular flexibility index (Phi) is 6.73. The van der Waals surface area contributed by atoms with Gasteiger partial charge in [-0.3, -0.25) is 10.1 Å². The first-order valence-corrected chi connectivity index (χ1v) is 11.0. The molecule has 4 rings (SSSR count). The van der Waals surface area contributed by atoms with Crippen LogP contribution in [-0.4, -0.2) is 76.1 Å². The van der Waals surface area contributed by atoms with Gasteiger partial charge in [0, 0.05) is 19.3 Å². The molecule has 1 aromatic carbocycles. The number of hydrogen-bond donors (Lipinski definition) is 3. The van der Waals surface area contributed by atoms with Crippen LogP contribution in [0, 0.1) is 0 Å². The number of piperidine rings is 1. The fourth-order valence-electron chi connectivity index (χ4n) is 3.93. The SMILES string of the molecule is CCCNC(O)Nc1cccc2nc(=O)c3cnc(N(C)C4CCN(C)CC4)nc3nc12. The van der Waals surface area contributed by atoms with Gasteiger partial charge in [0.2, 0.25) is 5.95 Å². The van der Waals surface area contributed by atoms with E-state index < -0.39 is 11.9 Å². The highest BCUT2D eigenvalue weighted by Gasteiger charge is 2.23. The van der Waals surface area contributed by atoms with Crippen LogP contribution in [0.5, 0.6) is 0 Å². The van der Waals surface area contributed by atoms with Crippen LogP contribution in [-0.2, 0) is 0 Å². The summed E-state index contributed by atoms with van der Waals surface area (Å²) < 4.78 is 0. The third-order valence-electron chi connectivity index (χ3n) is 5.87. The van der Waals surface area contributed by atoms with Gasteiger partial charge in [0.25, 0.3) is 5.56 Å². The quantitative estimate of drug-likeness (QED) is 0.463. The molecule has 1 unspecified atom stereocenters. The first kappa shape index (κ1) is 22.3. The number of rotatable bonds is 7. The molecule has 0 radical (unpaired) electrons. The number of nitrogens with zero attached hydrogens (tertiary/aromatic N) is 6. The van der Waals surface area contributed by atoms with Crippen LogP contribution in [0.25, 0.3) is 22.1 Å². The van der Waals surface area contributed by atoms with Crippen molar-refractivity contribution < 1.29 is 5.11 Å². The topological polar surface area (TPSA) is 119 Å². The number of anilines is 2. The molecule has 170 valence electrons. The standard InChI is InChI=1S/C22H30N8O2/c1-4-10-23-22(32)26-17-7-5-6-16-18(17)27-19-15(20(31)25-16)13-24-21(28-19)30(3)14-8-11-29(2)12-9-14/h5-7,13-14,22-23,26,32H,4,8-12H2,1-3H3. The second-order valence-corrected chi connectivity index (χ2v) is 8.26. The smallest absolute Gasteiger partial charge is 0.283 e. The van der Waals surface area contributed by atoms with Gasteiger partial charge >= 0.3 is 0 Å². The van der Waals surface area contributed by atoms with Crippen molar-refractivity contribution in [1.29, 1.82) is 0 Å². The molecule has 3 aromatic rings. The molecule has 1 saturated heterocycles. The van der Waals surface area contributed by atoms with Gasteiger partial charge in [-0.15, -0.1) is 0 Å². The highest BCUT2D eigenvalue weighted by Crippen LogP contribution is 2.22. The van der Waals surface area contributed by atoms with Crippen LogP contribution in [0.15, 0.2) is 29.2 Å². The van der Waals surface area contributed by atoms with Crippen molar-refractivity contribution >= 4 is 33.7 Å². The summed E-state index contributed by atoms with van der Waals surface area (Å²) in [5, 5.41) is 16.5. The van der Waals surface area contributed by atoms with Crippen molar-refractivity contribution in [2.75, 3.05) is 43.9 Å². The molecule has 1 aliphatic rings. The summed E-state index contributed by atoms with van der Waals surface area (Å²) in [4.78, 5) is 35.1. The molecule has 1 aliphatic heterocycles. The van der Waals surface area contributed by atoms with Crippen LogP contribution in [0.1, 0.15) is 26.2 Å². The van der Waals surface area contributed by atoms with Gasteiger partial charge in [-0.25, -0.2) is 15.0 Å². The summed E-state index contributed by atoms with van der Waals surface area (Å²) in [5.41, 5.74) is 1.30. The van der Waals surface area contributed by atoms with E-state index in [0.29, 0.717) is 35.3 Å². The van der Waals surface area contributed by atoms with Crippen LogP contribution >= 0.6 is 0 Å². The molecule has 0 spiro atoms. The zero-order valence-electron chi connectivity index (χ0n) is 18.7. The summed E-state index contributed by atoms with van der Waals surface area (Å²) >= 11 is 0. The summed E-state index contributed by atoms with van der Waals surface area (Å²) in [6.45, 7) is 4.73. The van der Waals surface area contributed by atoms with E-state index in [0.717, 1.165) is 32.4 Å². The van der Waals surface area contributed by atoms with Gasteiger partial charge in [0.1, 0.15) is 10.9 Å². The maximum Gasteiger partial charge on any atom is 0.283 e. The van der Waals surface area contributed by atoms with E-state index in [1.807, 2.05) is 14.0 Å². The minimum atomic E-state index is -0.952. The predicted octanol–water partition coefficient (Wildman–Crippen LogP) is 1.15. The average molecular weight is 439 g/mol. The number of likely N-dealkylation sites (tertiary alicyclic amines) is 1. The van der Waals surface area contributed by atoms with Crippen molar-refractivity contribution in [2.45, 2.75) is 38.6 Å². The molecule has 0 bridgehead atoms. The maximum atomic E-state index is 12.8. The minimum Gasteiger partial charge on any atom is -0.361 e. The van der Waals surface area contributed by atoms with Crippen molar-refractivity contribution in [3.05, 3.63) is 34.7 Å². The lowest BCUT2D eigenvalue weighted by Crippen LogP contribution is -2.42. The van der Waals surface area contributed by atoms with Crippen LogP contribution in [0.3, 0.4) is 0 Å². The number of benzene rings is 1. The first-order valence-electron chi connectivity index (χ1n) is 11.0. The zero-order chi connectivity index (χ0) is 22.7. The Hall–Kier alpha value is -2.95. The first-order chi connectivity index (χ1) is 15.5. The van der Waals surface area contributed by atoms with E-state index in [1.54, 1.807) is 18.2 Å². The van der Waals surface area contributed by atoms with E-state index in [9.17, 15) is 9.90 Å². The molecule has 0 saturated carbocycles. The monoisotopic (exact) mass is 438 g/mol. The predicted molar refractivity (Wildman–Crippen MR) is 126 cm³/mol. The number of fused-ring (bicyclic) bond motifs is 2. The molecule has 1 fully saturated rings. The van der Waals surface area contributed by atoms with E-state index >= 15 is 0 Å². The molecule has 2 aromatic heterocycles. The molecule has 32 heavy (non-hydrogen) atoms. The van der Waals surface area contributed by atoms with Crippen molar-refractivity contribution in [1.82, 2.24) is 30.2 Å². The lowest BCUT2D eigenvalue weighted by atomic mass is 10.0. The maximum absolute atomic E-state index is 12.8. The van der Waals surface area contributed by atoms with E-state index in [2.05, 4.69) is 47.4 Å². The van der Waals surface area contributed by atoms with Gasteiger partial charge in [0.15, 0.2) is 12.0 Å². The lowest BCUT2D eigenvalue weighted by molar-refractivity contribution is 0.166. The summed E-state index contributed by atoms with van der Waals surface area (Å²) in [6.07, 6.45) is 3.50. The summed E-state index contributed by atoms with van der Waals surface area (Å²) in [6, 6.07) is 5.61. The van der Waals surface area contributed by atoms with Crippen LogP contribution in [0.2, 0.25) is 0 Å². The number of aliphatic hydroxyl groups is 1. The van der Waals surface area contributed by atoms with Gasteiger partial charge in [-0.1, -0.05) is 13.0 Å². The molecule has 3 N–H and O–H groups in total. The van der Waals surface area contributed by atoms with Crippen LogP contribution < -0.4 is 21.1 Å². The Bertz CT molecular complexity index is 1150. The normalized spacial score (nSPS) is 16.4. The summed E-state index contributed by atoms with van der Waals surface area (Å²) in [5.74, 6) is 0.536. The number of aliphatic hydroxyl groups excluding tert-OH is 1. The number of para-hydroxylation sites is 1. The highest BCUT2D eigenvalue weighted by atomic mass is 16.3. The molecule has 0 aliphatic carbocycles. The van der Waals surface area contributed by atoms with Crippen molar-refractivity contribution in [2.24, 2.45) is 0 Å². The van der Waals surface area contributed by atoms with Crippen molar-refractivity contribution in [3.8, 4) is 0 Å². The molecule has 3 heterocycles. The molecule has 0 amide bonds. The summed E-state index contributed by atoms with van der Waals surface area (Å²) in [7, 11) is 4.11. The third-order valence-corrected chi connectivity index (χ3v) is 5.87. The van der Waals surface area contributed by atoms with E-state index in [4.69, 9.17) is 0 Å². The Labute approximate surface area is 186 Å². The van der Waals surface area contributed by atoms with E-state index in [1.165, 1.54) is 6.20 Å². The zero-order valence-corrected chi connectivity index (χ0v) is 18.7. The van der Waals surface area contributed by atoms with Gasteiger partial charge in [-0.2, -0.15) is 4.98 Å². The molecular formula is C22H30N8O2. The van der Waals surface area contributed by atoms with Gasteiger partial charge in [0.05, 0.1) is 11.2 Å². The Balaban J connectivity index is 1.75. The Morgan fingerprint density at radius 3 is 2.78 bits per heavy atom. The van der Waals surface area contributed by atoms with Gasteiger partial charge in [-0.05, 0) is 58.1 Å². The molecule has 1 atom stereocenters. The fraction of sp³-hybridized carbons (Fsp3) is 0.500. The third kappa shape index (κ3) is 4.77. The van der Waals surface area contributed by atoms with E-state index in [-0.39, 0.29) is 11.0 Å². The van der Waals surface area contributed by atoms with Crippen molar-refractivity contribution in [3.63, 3.8) is 0 Å². The Morgan fingerprint density at radius 2 is 2.03 bits per heavy atom. The minimum absolute atomic E-state index is 0.261. The average Bonchev–Trinajstić information content (AvgIpc) is 2.93. The number of hydrogen-bond acceptors (Lipinski definition) is 10. The Morgan fingerprint density at radius 1 is 1.25 bits per heavy atom. The van der Waals surface area contributed by atoms with Gasteiger partial charge < -0.3 is 20.2 Å². The number of nitrogens with one attached hydrogen (secondary N) is 2.